The van der Waals surface area contributed by atoms with E-state index in [0.29, 0.717) is 24.4 Å². The smallest absolute Gasteiger partial charge is 0.263 e. The molecular weight excluding hydrogens is 306 g/mol. The van der Waals surface area contributed by atoms with E-state index in [1.807, 2.05) is 13.0 Å². The highest BCUT2D eigenvalue weighted by Crippen LogP contribution is 2.23. The lowest BCUT2D eigenvalue weighted by Gasteiger charge is -2.19. The van der Waals surface area contributed by atoms with E-state index >= 15 is 0 Å². The number of hydrogen-bond acceptors (Lipinski definition) is 4. The van der Waals surface area contributed by atoms with Gasteiger partial charge in [0.25, 0.3) is 5.91 Å². The summed E-state index contributed by atoms with van der Waals surface area (Å²) < 4.78 is 0.924. The number of thiophene rings is 1. The molecule has 3 N–H and O–H groups in total. The van der Waals surface area contributed by atoms with Crippen molar-refractivity contribution in [3.63, 3.8) is 0 Å². The molecule has 0 aliphatic heterocycles. The molecule has 1 rings (SSSR count). The number of halogens is 1. The SMILES string of the molecule is CCN(CC/C(N)=N/O)C(=O)c1ccc(Br)s1. The first kappa shape index (κ1) is 14.0. The van der Waals surface area contributed by atoms with Crippen molar-refractivity contribution in [2.75, 3.05) is 13.1 Å². The van der Waals surface area contributed by atoms with Crippen LogP contribution in [0.1, 0.15) is 23.0 Å². The second-order valence-corrected chi connectivity index (χ2v) is 5.79. The van der Waals surface area contributed by atoms with Gasteiger partial charge in [0.15, 0.2) is 0 Å². The first-order valence-electron chi connectivity index (χ1n) is 5.09. The normalized spacial score (nSPS) is 11.5. The molecule has 0 saturated heterocycles. The van der Waals surface area contributed by atoms with Gasteiger partial charge in [-0.1, -0.05) is 5.16 Å². The minimum Gasteiger partial charge on any atom is -0.409 e. The van der Waals surface area contributed by atoms with Gasteiger partial charge >= 0.3 is 0 Å². The Morgan fingerprint density at radius 1 is 1.65 bits per heavy atom. The number of nitrogens with zero attached hydrogens (tertiary/aromatic N) is 2. The van der Waals surface area contributed by atoms with Crippen molar-refractivity contribution in [1.82, 2.24) is 4.90 Å². The maximum Gasteiger partial charge on any atom is 0.263 e. The number of carbonyl (C=O) groups is 1. The van der Waals surface area contributed by atoms with Crippen LogP contribution in [-0.4, -0.2) is 34.9 Å². The Labute approximate surface area is 112 Å². The second-order valence-electron chi connectivity index (χ2n) is 3.33. The van der Waals surface area contributed by atoms with E-state index in [4.69, 9.17) is 10.9 Å². The summed E-state index contributed by atoms with van der Waals surface area (Å²) in [6.07, 6.45) is 0.364. The summed E-state index contributed by atoms with van der Waals surface area (Å²) in [6, 6.07) is 3.62. The molecule has 0 unspecified atom stereocenters. The molecule has 1 aromatic rings. The predicted octanol–water partition coefficient (Wildman–Crippen LogP) is 2.11. The molecule has 0 radical (unpaired) electrons. The number of amides is 1. The van der Waals surface area contributed by atoms with E-state index < -0.39 is 0 Å². The maximum absolute atomic E-state index is 12.1. The summed E-state index contributed by atoms with van der Waals surface area (Å²) in [4.78, 5) is 14.4. The quantitative estimate of drug-likeness (QED) is 0.377. The lowest BCUT2D eigenvalue weighted by molar-refractivity contribution is 0.0773. The summed E-state index contributed by atoms with van der Waals surface area (Å²) >= 11 is 4.71. The monoisotopic (exact) mass is 319 g/mol. The third-order valence-corrected chi connectivity index (χ3v) is 3.83. The fourth-order valence-electron chi connectivity index (χ4n) is 1.29. The van der Waals surface area contributed by atoms with Crippen LogP contribution in [0.4, 0.5) is 0 Å². The van der Waals surface area contributed by atoms with Crippen LogP contribution < -0.4 is 5.73 Å². The Balaban J connectivity index is 2.64. The molecule has 0 fully saturated rings. The Morgan fingerprint density at radius 2 is 2.35 bits per heavy atom. The van der Waals surface area contributed by atoms with Gasteiger partial charge in [0, 0.05) is 19.5 Å². The van der Waals surface area contributed by atoms with E-state index in [0.717, 1.165) is 3.79 Å². The number of hydrogen-bond donors (Lipinski definition) is 2. The van der Waals surface area contributed by atoms with Crippen LogP contribution in [0.2, 0.25) is 0 Å². The molecule has 1 aromatic heterocycles. The van der Waals surface area contributed by atoms with Gasteiger partial charge in [-0.3, -0.25) is 4.79 Å². The van der Waals surface area contributed by atoms with Gasteiger partial charge in [0.1, 0.15) is 5.84 Å². The Hall–Kier alpha value is -1.08. The van der Waals surface area contributed by atoms with Crippen molar-refractivity contribution in [2.45, 2.75) is 13.3 Å². The molecule has 7 heteroatoms. The van der Waals surface area contributed by atoms with Crippen molar-refractivity contribution in [2.24, 2.45) is 10.9 Å². The molecule has 5 nitrogen and oxygen atoms in total. The molecule has 17 heavy (non-hydrogen) atoms. The first-order chi connectivity index (χ1) is 8.08. The summed E-state index contributed by atoms with van der Waals surface area (Å²) in [5.74, 6) is 0.0950. The van der Waals surface area contributed by atoms with Gasteiger partial charge in [-0.25, -0.2) is 0 Å². The largest absolute Gasteiger partial charge is 0.409 e. The molecule has 1 amide bonds. The van der Waals surface area contributed by atoms with Crippen molar-refractivity contribution in [3.8, 4) is 0 Å². The van der Waals surface area contributed by atoms with Crippen LogP contribution in [0.15, 0.2) is 21.1 Å². The van der Waals surface area contributed by atoms with E-state index in [1.54, 1.807) is 11.0 Å². The van der Waals surface area contributed by atoms with E-state index in [1.165, 1.54) is 11.3 Å². The molecule has 0 aliphatic carbocycles. The lowest BCUT2D eigenvalue weighted by atomic mass is 10.3. The molecular formula is C10H14BrN3O2S. The first-order valence-corrected chi connectivity index (χ1v) is 6.70. The zero-order valence-corrected chi connectivity index (χ0v) is 11.8. The predicted molar refractivity (Wildman–Crippen MR) is 71.6 cm³/mol. The van der Waals surface area contributed by atoms with Gasteiger partial charge in [-0.05, 0) is 35.0 Å². The molecule has 0 atom stereocenters. The van der Waals surface area contributed by atoms with E-state index in [9.17, 15) is 4.79 Å². The maximum atomic E-state index is 12.1. The summed E-state index contributed by atoms with van der Waals surface area (Å²) in [7, 11) is 0. The van der Waals surface area contributed by atoms with Crippen molar-refractivity contribution >= 4 is 39.0 Å². The molecule has 94 valence electrons. The van der Waals surface area contributed by atoms with Gasteiger partial charge in [0.2, 0.25) is 0 Å². The van der Waals surface area contributed by atoms with Gasteiger partial charge in [0.05, 0.1) is 8.66 Å². The molecule has 0 bridgehead atoms. The fraction of sp³-hybridized carbons (Fsp3) is 0.400. The van der Waals surface area contributed by atoms with Crippen LogP contribution in [0, 0.1) is 0 Å². The van der Waals surface area contributed by atoms with Crippen molar-refractivity contribution in [3.05, 3.63) is 20.8 Å². The number of carbonyl (C=O) groups excluding carboxylic acids is 1. The molecule has 0 aromatic carbocycles. The average Bonchev–Trinajstić information content (AvgIpc) is 2.76. The average molecular weight is 320 g/mol. The van der Waals surface area contributed by atoms with Gasteiger partial charge in [-0.2, -0.15) is 0 Å². The van der Waals surface area contributed by atoms with Gasteiger partial charge in [-0.15, -0.1) is 11.3 Å². The van der Waals surface area contributed by atoms with Crippen LogP contribution in [0.5, 0.6) is 0 Å². The highest BCUT2D eigenvalue weighted by atomic mass is 79.9. The third-order valence-electron chi connectivity index (χ3n) is 2.22. The zero-order chi connectivity index (χ0) is 12.8. The highest BCUT2D eigenvalue weighted by Gasteiger charge is 2.16. The molecule has 0 saturated carbocycles. The summed E-state index contributed by atoms with van der Waals surface area (Å²) in [5.41, 5.74) is 5.38. The Morgan fingerprint density at radius 3 is 2.82 bits per heavy atom. The topological polar surface area (TPSA) is 78.9 Å². The Kier molecular flexibility index (Phi) is 5.43. The van der Waals surface area contributed by atoms with Crippen LogP contribution >= 0.6 is 27.3 Å². The number of nitrogens with two attached hydrogens (primary N) is 1. The van der Waals surface area contributed by atoms with Gasteiger partial charge < -0.3 is 15.8 Å². The third kappa shape index (κ3) is 4.01. The van der Waals surface area contributed by atoms with Crippen molar-refractivity contribution in [1.29, 1.82) is 0 Å². The minimum atomic E-state index is -0.0334. The number of rotatable bonds is 5. The molecule has 0 spiro atoms. The van der Waals surface area contributed by atoms with E-state index in [2.05, 4.69) is 21.1 Å². The van der Waals surface area contributed by atoms with Crippen LogP contribution in [0.25, 0.3) is 0 Å². The summed E-state index contributed by atoms with van der Waals surface area (Å²) in [5, 5.41) is 11.3. The number of amidine groups is 1. The molecule has 0 aliphatic rings. The highest BCUT2D eigenvalue weighted by molar-refractivity contribution is 9.11. The Bertz CT molecular complexity index is 419. The zero-order valence-electron chi connectivity index (χ0n) is 9.39. The summed E-state index contributed by atoms with van der Waals surface area (Å²) in [6.45, 7) is 2.93. The lowest BCUT2D eigenvalue weighted by Crippen LogP contribution is -2.33. The standard InChI is InChI=1S/C10H14BrN3O2S/c1-2-14(6-5-9(12)13-16)10(15)7-3-4-8(11)17-7/h3-4,16H,2,5-6H2,1H3,(H2,12,13). The second kappa shape index (κ2) is 6.61. The van der Waals surface area contributed by atoms with E-state index in [-0.39, 0.29) is 11.7 Å². The number of oxime groups is 1. The minimum absolute atomic E-state index is 0.0334. The van der Waals surface area contributed by atoms with Crippen molar-refractivity contribution < 1.29 is 10.0 Å². The fourth-order valence-corrected chi connectivity index (χ4v) is 2.64. The van der Waals surface area contributed by atoms with Crippen LogP contribution in [-0.2, 0) is 0 Å². The molecule has 1 heterocycles. The van der Waals surface area contributed by atoms with Crippen LogP contribution in [0.3, 0.4) is 0 Å².